The summed E-state index contributed by atoms with van der Waals surface area (Å²) in [6.45, 7) is 2.79. The average molecular weight is 420 g/mol. The third kappa shape index (κ3) is 4.07. The highest BCUT2D eigenvalue weighted by Crippen LogP contribution is 2.35. The van der Waals surface area contributed by atoms with Gasteiger partial charge in [-0.05, 0) is 30.5 Å². The predicted molar refractivity (Wildman–Crippen MR) is 109 cm³/mol. The number of hydrogen-bond donors (Lipinski definition) is 1. The van der Waals surface area contributed by atoms with Gasteiger partial charge >= 0.3 is 0 Å². The van der Waals surface area contributed by atoms with Crippen LogP contribution in [-0.2, 0) is 4.79 Å². The molecule has 10 heteroatoms. The Kier molecular flexibility index (Phi) is 5.55. The lowest BCUT2D eigenvalue weighted by molar-refractivity contribution is -0.130. The number of carbonyl (C=O) groups is 1. The fourth-order valence-corrected chi connectivity index (χ4v) is 5.11. The van der Waals surface area contributed by atoms with Crippen LogP contribution in [0.25, 0.3) is 0 Å². The summed E-state index contributed by atoms with van der Waals surface area (Å²) >= 11 is 4.44. The van der Waals surface area contributed by atoms with Crippen LogP contribution < -0.4 is 5.32 Å². The average Bonchev–Trinajstić information content (AvgIpc) is 3.47. The fraction of sp³-hybridized carbons (Fsp3) is 0.294. The molecule has 1 aliphatic rings. The van der Waals surface area contributed by atoms with Crippen molar-refractivity contribution >= 4 is 51.2 Å². The molecular weight excluding hydrogens is 402 g/mol. The Morgan fingerprint density at radius 2 is 2.33 bits per heavy atom. The minimum Gasteiger partial charge on any atom is -0.467 e. The quantitative estimate of drug-likeness (QED) is 0.581. The first-order valence-corrected chi connectivity index (χ1v) is 11.1. The SMILES string of the molecule is CCNc1nnc(SCC(=O)N2N=C(c3cccs3)C[C@H]2c2ccco2)s1. The topological polar surface area (TPSA) is 83.6 Å². The summed E-state index contributed by atoms with van der Waals surface area (Å²) in [6, 6.07) is 7.52. The van der Waals surface area contributed by atoms with E-state index in [4.69, 9.17) is 4.42 Å². The molecule has 0 radical (unpaired) electrons. The molecule has 1 N–H and O–H groups in total. The van der Waals surface area contributed by atoms with Gasteiger partial charge in [0.15, 0.2) is 4.34 Å². The van der Waals surface area contributed by atoms with Crippen molar-refractivity contribution in [1.29, 1.82) is 0 Å². The molecule has 1 aliphatic heterocycles. The van der Waals surface area contributed by atoms with Gasteiger partial charge in [-0.15, -0.1) is 21.5 Å². The highest BCUT2D eigenvalue weighted by molar-refractivity contribution is 8.01. The van der Waals surface area contributed by atoms with Gasteiger partial charge in [-0.25, -0.2) is 5.01 Å². The monoisotopic (exact) mass is 419 g/mol. The zero-order chi connectivity index (χ0) is 18.6. The van der Waals surface area contributed by atoms with Gasteiger partial charge in [0.25, 0.3) is 5.91 Å². The first-order chi connectivity index (χ1) is 13.2. The molecule has 1 amide bonds. The normalized spacial score (nSPS) is 16.6. The summed E-state index contributed by atoms with van der Waals surface area (Å²) in [5.74, 6) is 0.918. The maximum Gasteiger partial charge on any atom is 0.253 e. The summed E-state index contributed by atoms with van der Waals surface area (Å²) in [6.07, 6.45) is 2.27. The lowest BCUT2D eigenvalue weighted by Gasteiger charge is -2.19. The molecule has 0 aromatic carbocycles. The molecule has 0 spiro atoms. The Balaban J connectivity index is 1.48. The number of rotatable bonds is 7. The molecule has 0 saturated carbocycles. The third-order valence-corrected chi connectivity index (χ3v) is 6.81. The zero-order valence-corrected chi connectivity index (χ0v) is 16.9. The molecule has 0 unspecified atom stereocenters. The van der Waals surface area contributed by atoms with Gasteiger partial charge < -0.3 is 9.73 Å². The Morgan fingerprint density at radius 3 is 3.07 bits per heavy atom. The fourth-order valence-electron chi connectivity index (χ4n) is 2.71. The van der Waals surface area contributed by atoms with E-state index in [2.05, 4.69) is 20.6 Å². The summed E-state index contributed by atoms with van der Waals surface area (Å²) < 4.78 is 6.32. The molecule has 0 bridgehead atoms. The van der Waals surface area contributed by atoms with Crippen LogP contribution in [0.3, 0.4) is 0 Å². The van der Waals surface area contributed by atoms with Crippen molar-refractivity contribution in [3.05, 3.63) is 46.5 Å². The van der Waals surface area contributed by atoms with Crippen LogP contribution >= 0.6 is 34.4 Å². The van der Waals surface area contributed by atoms with Gasteiger partial charge in [0.1, 0.15) is 11.8 Å². The number of aromatic nitrogens is 2. The van der Waals surface area contributed by atoms with E-state index in [0.29, 0.717) is 6.42 Å². The maximum atomic E-state index is 12.9. The van der Waals surface area contributed by atoms with Crippen LogP contribution in [0.1, 0.15) is 30.0 Å². The van der Waals surface area contributed by atoms with Gasteiger partial charge in [-0.2, -0.15) is 5.10 Å². The van der Waals surface area contributed by atoms with Crippen molar-refractivity contribution in [2.75, 3.05) is 17.6 Å². The summed E-state index contributed by atoms with van der Waals surface area (Å²) in [5.41, 5.74) is 0.912. The van der Waals surface area contributed by atoms with E-state index in [1.807, 2.05) is 36.6 Å². The second-order valence-electron chi connectivity index (χ2n) is 5.69. The number of thioether (sulfide) groups is 1. The van der Waals surface area contributed by atoms with Crippen LogP contribution in [0.2, 0.25) is 0 Å². The maximum absolute atomic E-state index is 12.9. The number of anilines is 1. The second-order valence-corrected chi connectivity index (χ2v) is 8.84. The smallest absolute Gasteiger partial charge is 0.253 e. The standard InChI is InChI=1S/C17H17N5O2S3/c1-2-18-16-19-20-17(27-16)26-10-15(23)22-12(13-5-3-7-24-13)9-11(21-22)14-6-4-8-25-14/h3-8,12H,2,9-10H2,1H3,(H,18,19)/t12-/m0/s1. The van der Waals surface area contributed by atoms with Gasteiger partial charge in [-0.3, -0.25) is 4.79 Å². The third-order valence-electron chi connectivity index (χ3n) is 3.90. The van der Waals surface area contributed by atoms with Crippen molar-refractivity contribution in [2.24, 2.45) is 5.10 Å². The van der Waals surface area contributed by atoms with Crippen molar-refractivity contribution in [2.45, 2.75) is 23.7 Å². The number of carbonyl (C=O) groups excluding carboxylic acids is 1. The van der Waals surface area contributed by atoms with Gasteiger partial charge in [0, 0.05) is 13.0 Å². The van der Waals surface area contributed by atoms with Gasteiger partial charge in [0.2, 0.25) is 5.13 Å². The summed E-state index contributed by atoms with van der Waals surface area (Å²) in [4.78, 5) is 14.0. The molecule has 0 saturated heterocycles. The number of hydrazone groups is 1. The largest absolute Gasteiger partial charge is 0.467 e. The molecule has 3 aromatic rings. The number of furan rings is 1. The molecule has 0 aliphatic carbocycles. The highest BCUT2D eigenvalue weighted by Gasteiger charge is 2.35. The van der Waals surface area contributed by atoms with Crippen molar-refractivity contribution < 1.29 is 9.21 Å². The number of nitrogens with one attached hydrogen (secondary N) is 1. The van der Waals surface area contributed by atoms with Crippen LogP contribution in [0.15, 0.2) is 49.8 Å². The number of thiophene rings is 1. The lowest BCUT2D eigenvalue weighted by atomic mass is 10.1. The summed E-state index contributed by atoms with van der Waals surface area (Å²) in [5, 5.41) is 20.2. The molecule has 27 heavy (non-hydrogen) atoms. The summed E-state index contributed by atoms with van der Waals surface area (Å²) in [7, 11) is 0. The minimum atomic E-state index is -0.211. The number of amides is 1. The van der Waals surface area contributed by atoms with E-state index in [1.54, 1.807) is 22.6 Å². The Hall–Kier alpha value is -2.17. The Labute approximate surface area is 168 Å². The zero-order valence-electron chi connectivity index (χ0n) is 14.5. The predicted octanol–water partition coefficient (Wildman–Crippen LogP) is 4.09. The first-order valence-electron chi connectivity index (χ1n) is 8.41. The Morgan fingerprint density at radius 1 is 1.41 bits per heavy atom. The number of nitrogens with zero attached hydrogens (tertiary/aromatic N) is 4. The van der Waals surface area contributed by atoms with E-state index >= 15 is 0 Å². The van der Waals surface area contributed by atoms with Crippen molar-refractivity contribution in [1.82, 2.24) is 15.2 Å². The minimum absolute atomic E-state index is 0.0758. The molecule has 4 heterocycles. The number of hydrogen-bond acceptors (Lipinski definition) is 9. The lowest BCUT2D eigenvalue weighted by Crippen LogP contribution is -2.28. The second kappa shape index (κ2) is 8.24. The highest BCUT2D eigenvalue weighted by atomic mass is 32.2. The molecule has 140 valence electrons. The molecular formula is C17H17N5O2S3. The van der Waals surface area contributed by atoms with Crippen LogP contribution in [0.4, 0.5) is 5.13 Å². The van der Waals surface area contributed by atoms with E-state index in [9.17, 15) is 4.79 Å². The van der Waals surface area contributed by atoms with E-state index in [1.165, 1.54) is 23.1 Å². The van der Waals surface area contributed by atoms with Crippen molar-refractivity contribution in [3.63, 3.8) is 0 Å². The first kappa shape index (κ1) is 18.2. The van der Waals surface area contributed by atoms with Gasteiger partial charge in [-0.1, -0.05) is 29.2 Å². The van der Waals surface area contributed by atoms with Crippen LogP contribution in [0, 0.1) is 0 Å². The van der Waals surface area contributed by atoms with Crippen LogP contribution in [0.5, 0.6) is 0 Å². The van der Waals surface area contributed by atoms with Gasteiger partial charge in [0.05, 0.1) is 22.6 Å². The van der Waals surface area contributed by atoms with E-state index in [-0.39, 0.29) is 17.7 Å². The molecule has 3 aromatic heterocycles. The van der Waals surface area contributed by atoms with E-state index in [0.717, 1.165) is 32.4 Å². The van der Waals surface area contributed by atoms with E-state index < -0.39 is 0 Å². The molecule has 1 atom stereocenters. The van der Waals surface area contributed by atoms with Crippen molar-refractivity contribution in [3.8, 4) is 0 Å². The van der Waals surface area contributed by atoms with Crippen LogP contribution in [-0.4, -0.2) is 39.1 Å². The Bertz CT molecular complexity index is 920. The molecule has 0 fully saturated rings. The molecule has 7 nitrogen and oxygen atoms in total. The molecule has 4 rings (SSSR count).